The number of hydrogen-bond acceptors (Lipinski definition) is 6. The molecule has 8 nitrogen and oxygen atoms in total. The number of nitrogens with one attached hydrogen (secondary N) is 1. The molecule has 0 aromatic heterocycles. The first-order chi connectivity index (χ1) is 16.3. The van der Waals surface area contributed by atoms with Gasteiger partial charge in [0, 0.05) is 24.3 Å². The molecule has 3 rings (SSSR count). The minimum absolute atomic E-state index is 0.0721. The number of carbonyl (C=O) groups excluding carboxylic acids is 2. The van der Waals surface area contributed by atoms with Gasteiger partial charge in [-0.25, -0.2) is 0 Å². The van der Waals surface area contributed by atoms with Crippen molar-refractivity contribution < 1.29 is 26.9 Å². The molecular formula is C25H26N2O6S. The van der Waals surface area contributed by atoms with Gasteiger partial charge in [-0.15, -0.1) is 0 Å². The van der Waals surface area contributed by atoms with E-state index in [9.17, 15) is 18.0 Å². The van der Waals surface area contributed by atoms with Crippen molar-refractivity contribution in [2.75, 3.05) is 25.5 Å². The number of ether oxygens (including phenoxy) is 1. The Morgan fingerprint density at radius 2 is 1.50 bits per heavy atom. The van der Waals surface area contributed by atoms with Gasteiger partial charge in [-0.3, -0.25) is 9.59 Å². The van der Waals surface area contributed by atoms with E-state index in [0.717, 1.165) is 0 Å². The Labute approximate surface area is 199 Å². The zero-order valence-electron chi connectivity index (χ0n) is 19.1. The summed E-state index contributed by atoms with van der Waals surface area (Å²) in [5.74, 6) is -0.00633. The van der Waals surface area contributed by atoms with Gasteiger partial charge in [0.25, 0.3) is 11.8 Å². The van der Waals surface area contributed by atoms with Gasteiger partial charge in [0.05, 0.1) is 12.7 Å². The number of benzene rings is 3. The number of nitrogens with zero attached hydrogens (tertiary/aromatic N) is 1. The topological polar surface area (TPSA) is 102 Å². The lowest BCUT2D eigenvalue weighted by atomic mass is 10.2. The molecule has 2 amide bonds. The van der Waals surface area contributed by atoms with Gasteiger partial charge in [-0.1, -0.05) is 12.1 Å². The van der Waals surface area contributed by atoms with Crippen molar-refractivity contribution in [2.24, 2.45) is 0 Å². The normalized spacial score (nSPS) is 10.9. The summed E-state index contributed by atoms with van der Waals surface area (Å²) < 4.78 is 35.7. The SMILES string of the molecule is CCN(CC)C(=O)c1ccc(S(=O)(=O)Oc2ccc(NC(=O)c3ccccc3OC)cc2)cc1. The van der Waals surface area contributed by atoms with Crippen molar-refractivity contribution in [1.82, 2.24) is 4.90 Å². The Hall–Kier alpha value is -3.85. The lowest BCUT2D eigenvalue weighted by molar-refractivity contribution is 0.0772. The van der Waals surface area contributed by atoms with Crippen LogP contribution in [0.1, 0.15) is 34.6 Å². The maximum atomic E-state index is 12.6. The van der Waals surface area contributed by atoms with Crippen molar-refractivity contribution in [1.29, 1.82) is 0 Å². The van der Waals surface area contributed by atoms with Crippen LogP contribution in [-0.4, -0.2) is 45.3 Å². The van der Waals surface area contributed by atoms with Gasteiger partial charge in [0.2, 0.25) is 0 Å². The lowest BCUT2D eigenvalue weighted by Crippen LogP contribution is -2.30. The van der Waals surface area contributed by atoms with E-state index in [0.29, 0.717) is 35.7 Å². The summed E-state index contributed by atoms with van der Waals surface area (Å²) in [7, 11) is -2.62. The smallest absolute Gasteiger partial charge is 0.339 e. The van der Waals surface area contributed by atoms with Crippen LogP contribution in [0, 0.1) is 0 Å². The van der Waals surface area contributed by atoms with Gasteiger partial charge in [0.1, 0.15) is 16.4 Å². The van der Waals surface area contributed by atoms with E-state index in [-0.39, 0.29) is 22.5 Å². The monoisotopic (exact) mass is 482 g/mol. The summed E-state index contributed by atoms with van der Waals surface area (Å²) >= 11 is 0. The van der Waals surface area contributed by atoms with Gasteiger partial charge in [-0.05, 0) is 74.5 Å². The lowest BCUT2D eigenvalue weighted by Gasteiger charge is -2.18. The highest BCUT2D eigenvalue weighted by Gasteiger charge is 2.19. The minimum Gasteiger partial charge on any atom is -0.496 e. The molecule has 9 heteroatoms. The fraction of sp³-hybridized carbons (Fsp3) is 0.200. The summed E-state index contributed by atoms with van der Waals surface area (Å²) in [5.41, 5.74) is 1.23. The third-order valence-corrected chi connectivity index (χ3v) is 6.37. The van der Waals surface area contributed by atoms with E-state index in [2.05, 4.69) is 5.32 Å². The standard InChI is InChI=1S/C25H26N2O6S/c1-4-27(5-2)25(29)18-10-16-21(17-11-18)34(30,31)33-20-14-12-19(13-15-20)26-24(28)22-8-6-7-9-23(22)32-3/h6-17H,4-5H2,1-3H3,(H,26,28). The molecule has 0 atom stereocenters. The van der Waals surface area contributed by atoms with Crippen molar-refractivity contribution in [3.05, 3.63) is 83.9 Å². The van der Waals surface area contributed by atoms with Crippen molar-refractivity contribution in [3.8, 4) is 11.5 Å². The van der Waals surface area contributed by atoms with E-state index in [1.54, 1.807) is 29.2 Å². The van der Waals surface area contributed by atoms with Gasteiger partial charge < -0.3 is 19.1 Å². The summed E-state index contributed by atoms with van der Waals surface area (Å²) in [6.45, 7) is 4.88. The second kappa shape index (κ2) is 10.8. The zero-order chi connectivity index (χ0) is 24.7. The molecule has 1 N–H and O–H groups in total. The number of hydrogen-bond donors (Lipinski definition) is 1. The summed E-state index contributed by atoms with van der Waals surface area (Å²) in [6.07, 6.45) is 0. The van der Waals surface area contributed by atoms with Crippen LogP contribution in [-0.2, 0) is 10.1 Å². The first kappa shape index (κ1) is 24.8. The quantitative estimate of drug-likeness (QED) is 0.459. The molecule has 0 fully saturated rings. The highest BCUT2D eigenvalue weighted by atomic mass is 32.2. The van der Waals surface area contributed by atoms with Crippen LogP contribution in [0.4, 0.5) is 5.69 Å². The highest BCUT2D eigenvalue weighted by molar-refractivity contribution is 7.87. The number of methoxy groups -OCH3 is 1. The van der Waals surface area contributed by atoms with E-state index in [1.807, 2.05) is 13.8 Å². The van der Waals surface area contributed by atoms with Crippen LogP contribution < -0.4 is 14.2 Å². The first-order valence-corrected chi connectivity index (χ1v) is 12.1. The Bertz CT molecular complexity index is 1250. The van der Waals surface area contributed by atoms with Gasteiger partial charge in [-0.2, -0.15) is 8.42 Å². The molecule has 3 aromatic rings. The summed E-state index contributed by atoms with van der Waals surface area (Å²) in [4.78, 5) is 26.5. The maximum Gasteiger partial charge on any atom is 0.339 e. The second-order valence-electron chi connectivity index (χ2n) is 7.22. The molecule has 0 saturated heterocycles. The van der Waals surface area contributed by atoms with Crippen LogP contribution in [0.3, 0.4) is 0 Å². The fourth-order valence-corrected chi connectivity index (χ4v) is 4.19. The van der Waals surface area contributed by atoms with E-state index in [1.165, 1.54) is 55.6 Å². The van der Waals surface area contributed by atoms with Crippen LogP contribution in [0.5, 0.6) is 11.5 Å². The predicted octanol–water partition coefficient (Wildman–Crippen LogP) is 4.20. The van der Waals surface area contributed by atoms with Gasteiger partial charge in [0.15, 0.2) is 0 Å². The van der Waals surface area contributed by atoms with Crippen LogP contribution in [0.15, 0.2) is 77.7 Å². The van der Waals surface area contributed by atoms with Gasteiger partial charge >= 0.3 is 10.1 Å². The third kappa shape index (κ3) is 5.74. The molecule has 0 spiro atoms. The zero-order valence-corrected chi connectivity index (χ0v) is 20.0. The van der Waals surface area contributed by atoms with Crippen LogP contribution in [0.2, 0.25) is 0 Å². The molecule has 0 unspecified atom stereocenters. The molecule has 0 bridgehead atoms. The highest BCUT2D eigenvalue weighted by Crippen LogP contribution is 2.23. The molecule has 178 valence electrons. The Balaban J connectivity index is 1.68. The van der Waals surface area contributed by atoms with Crippen LogP contribution in [0.25, 0.3) is 0 Å². The molecule has 34 heavy (non-hydrogen) atoms. The predicted molar refractivity (Wildman–Crippen MR) is 129 cm³/mol. The Morgan fingerprint density at radius 1 is 0.882 bits per heavy atom. The summed E-state index contributed by atoms with van der Waals surface area (Å²) in [6, 6.07) is 18.4. The van der Waals surface area contributed by atoms with Crippen molar-refractivity contribution in [2.45, 2.75) is 18.7 Å². The number of rotatable bonds is 9. The molecule has 0 aliphatic carbocycles. The average molecular weight is 483 g/mol. The third-order valence-electron chi connectivity index (χ3n) is 5.11. The fourth-order valence-electron chi connectivity index (χ4n) is 3.26. The maximum absolute atomic E-state index is 12.6. The van der Waals surface area contributed by atoms with E-state index >= 15 is 0 Å². The largest absolute Gasteiger partial charge is 0.496 e. The molecule has 0 aliphatic heterocycles. The number of anilines is 1. The minimum atomic E-state index is -4.10. The van der Waals surface area contributed by atoms with Crippen LogP contribution >= 0.6 is 0 Å². The molecule has 0 aliphatic rings. The summed E-state index contributed by atoms with van der Waals surface area (Å²) in [5, 5.41) is 2.73. The second-order valence-corrected chi connectivity index (χ2v) is 8.76. The number of para-hydroxylation sites is 1. The number of carbonyl (C=O) groups is 2. The average Bonchev–Trinajstić information content (AvgIpc) is 2.85. The number of amides is 2. The molecule has 3 aromatic carbocycles. The molecule has 0 saturated carbocycles. The van der Waals surface area contributed by atoms with E-state index in [4.69, 9.17) is 8.92 Å². The Morgan fingerprint density at radius 3 is 2.09 bits per heavy atom. The molecular weight excluding hydrogens is 456 g/mol. The molecule has 0 heterocycles. The Kier molecular flexibility index (Phi) is 7.91. The van der Waals surface area contributed by atoms with Crippen molar-refractivity contribution >= 4 is 27.6 Å². The first-order valence-electron chi connectivity index (χ1n) is 10.7. The van der Waals surface area contributed by atoms with Crippen molar-refractivity contribution in [3.63, 3.8) is 0 Å². The van der Waals surface area contributed by atoms with E-state index < -0.39 is 10.1 Å². The molecule has 0 radical (unpaired) electrons.